The van der Waals surface area contributed by atoms with E-state index in [0.29, 0.717) is 22.9 Å². The minimum atomic E-state index is -3.86. The molecular weight excluding hydrogens is 354 g/mol. The predicted octanol–water partition coefficient (Wildman–Crippen LogP) is 3.00. The Bertz CT molecular complexity index is 1010. The van der Waals surface area contributed by atoms with Crippen molar-refractivity contribution in [3.63, 3.8) is 0 Å². The van der Waals surface area contributed by atoms with Crippen molar-refractivity contribution in [2.24, 2.45) is 0 Å². The van der Waals surface area contributed by atoms with Crippen LogP contribution < -0.4 is 14.2 Å². The molecule has 0 aliphatic carbocycles. The topological polar surface area (TPSA) is 82.5 Å². The number of aryl methyl sites for hydroxylation is 1. The summed E-state index contributed by atoms with van der Waals surface area (Å²) in [6.07, 6.45) is 1.49. The average molecular weight is 373 g/mol. The fourth-order valence-electron chi connectivity index (χ4n) is 2.51. The molecule has 3 rings (SSSR count). The fraction of sp³-hybridized carbons (Fsp3) is 0.167. The molecule has 3 aromatic rings. The number of para-hydroxylation sites is 1. The molecule has 0 amide bonds. The van der Waals surface area contributed by atoms with Crippen molar-refractivity contribution in [1.82, 2.24) is 9.78 Å². The molecule has 0 unspecified atom stereocenters. The number of ether oxygens (including phenoxy) is 2. The van der Waals surface area contributed by atoms with Crippen molar-refractivity contribution in [3.8, 4) is 17.2 Å². The fourth-order valence-corrected chi connectivity index (χ4v) is 3.74. The van der Waals surface area contributed by atoms with E-state index in [4.69, 9.17) is 9.47 Å². The Labute approximate surface area is 152 Å². The normalized spacial score (nSPS) is 11.2. The summed E-state index contributed by atoms with van der Waals surface area (Å²) in [5, 5.41) is 4.31. The molecular formula is C18H19N3O4S. The molecule has 0 atom stereocenters. The van der Waals surface area contributed by atoms with Crippen molar-refractivity contribution >= 4 is 15.7 Å². The zero-order chi connectivity index (χ0) is 18.7. The molecule has 1 heterocycles. The summed E-state index contributed by atoms with van der Waals surface area (Å²) in [6.45, 7) is 1.65. The molecule has 1 N–H and O–H groups in total. The van der Waals surface area contributed by atoms with Gasteiger partial charge in [0.05, 0.1) is 37.5 Å². The van der Waals surface area contributed by atoms with Crippen LogP contribution in [0.2, 0.25) is 0 Å². The van der Waals surface area contributed by atoms with Crippen molar-refractivity contribution in [2.45, 2.75) is 11.8 Å². The van der Waals surface area contributed by atoms with E-state index in [1.165, 1.54) is 25.1 Å². The lowest BCUT2D eigenvalue weighted by Crippen LogP contribution is -2.14. The lowest BCUT2D eigenvalue weighted by molar-refractivity contribution is 0.405. The van der Waals surface area contributed by atoms with E-state index in [0.717, 1.165) is 5.69 Å². The molecule has 0 bridgehead atoms. The lowest BCUT2D eigenvalue weighted by atomic mass is 10.3. The Morgan fingerprint density at radius 3 is 2.42 bits per heavy atom. The molecule has 136 valence electrons. The van der Waals surface area contributed by atoms with Crippen molar-refractivity contribution in [1.29, 1.82) is 0 Å². The van der Waals surface area contributed by atoms with Crippen LogP contribution in [-0.4, -0.2) is 32.4 Å². The van der Waals surface area contributed by atoms with Gasteiger partial charge in [-0.1, -0.05) is 18.2 Å². The highest BCUT2D eigenvalue weighted by atomic mass is 32.2. The quantitative estimate of drug-likeness (QED) is 0.718. The third-order valence-electron chi connectivity index (χ3n) is 3.82. The molecule has 0 aliphatic heterocycles. The van der Waals surface area contributed by atoms with Gasteiger partial charge in [0, 0.05) is 6.07 Å². The second-order valence-electron chi connectivity index (χ2n) is 5.53. The molecule has 2 aromatic carbocycles. The maximum atomic E-state index is 12.9. The van der Waals surface area contributed by atoms with Gasteiger partial charge in [-0.2, -0.15) is 5.10 Å². The van der Waals surface area contributed by atoms with E-state index >= 15 is 0 Å². The number of anilines is 1. The van der Waals surface area contributed by atoms with Gasteiger partial charge in [0.25, 0.3) is 10.0 Å². The number of nitrogens with zero attached hydrogens (tertiary/aromatic N) is 2. The maximum absolute atomic E-state index is 12.9. The minimum Gasteiger partial charge on any atom is -0.497 e. The van der Waals surface area contributed by atoms with Crippen molar-refractivity contribution in [3.05, 3.63) is 60.4 Å². The monoisotopic (exact) mass is 373 g/mol. The zero-order valence-corrected chi connectivity index (χ0v) is 15.4. The second-order valence-corrected chi connectivity index (χ2v) is 7.18. The molecule has 8 heteroatoms. The molecule has 26 heavy (non-hydrogen) atoms. The second kappa shape index (κ2) is 7.09. The first-order valence-corrected chi connectivity index (χ1v) is 9.29. The Morgan fingerprint density at radius 2 is 1.77 bits per heavy atom. The average Bonchev–Trinajstić information content (AvgIpc) is 3.05. The van der Waals surface area contributed by atoms with E-state index in [1.54, 1.807) is 25.1 Å². The zero-order valence-electron chi connectivity index (χ0n) is 14.6. The standard InChI is InChI=1S/C18H19N3O4S/c1-13-18(12-21(19-13)14-7-5-4-6-8-14)26(22,23)20-16-11-15(24-2)9-10-17(16)25-3/h4-12,20H,1-3H3. The Hall–Kier alpha value is -3.00. The van der Waals surface area contributed by atoms with Gasteiger partial charge >= 0.3 is 0 Å². The van der Waals surface area contributed by atoms with E-state index in [-0.39, 0.29) is 4.90 Å². The summed E-state index contributed by atoms with van der Waals surface area (Å²) >= 11 is 0. The van der Waals surface area contributed by atoms with Crippen molar-refractivity contribution < 1.29 is 17.9 Å². The largest absolute Gasteiger partial charge is 0.497 e. The maximum Gasteiger partial charge on any atom is 0.265 e. The van der Waals surface area contributed by atoms with E-state index < -0.39 is 10.0 Å². The molecule has 0 aliphatic rings. The van der Waals surface area contributed by atoms with E-state index in [9.17, 15) is 8.42 Å². The SMILES string of the molecule is COc1ccc(OC)c(NS(=O)(=O)c2cn(-c3ccccc3)nc2C)c1. The Balaban J connectivity index is 1.98. The Kier molecular flexibility index (Phi) is 4.85. The van der Waals surface area contributed by atoms with Gasteiger partial charge in [0.2, 0.25) is 0 Å². The van der Waals surface area contributed by atoms with Crippen LogP contribution in [0.3, 0.4) is 0 Å². The number of hydrogen-bond donors (Lipinski definition) is 1. The van der Waals surface area contributed by atoms with Gasteiger partial charge in [0.15, 0.2) is 0 Å². The molecule has 0 radical (unpaired) electrons. The van der Waals surface area contributed by atoms with Crippen LogP contribution in [-0.2, 0) is 10.0 Å². The van der Waals surface area contributed by atoms with Gasteiger partial charge in [-0.05, 0) is 31.2 Å². The first-order valence-electron chi connectivity index (χ1n) is 7.81. The Morgan fingerprint density at radius 1 is 1.04 bits per heavy atom. The summed E-state index contributed by atoms with van der Waals surface area (Å²) < 4.78 is 40.2. The van der Waals surface area contributed by atoms with Crippen LogP contribution in [0.15, 0.2) is 59.6 Å². The third-order valence-corrected chi connectivity index (χ3v) is 5.28. The van der Waals surface area contributed by atoms with Gasteiger partial charge in [-0.15, -0.1) is 0 Å². The summed E-state index contributed by atoms with van der Waals surface area (Å²) in [5.74, 6) is 0.905. The van der Waals surface area contributed by atoms with Crippen molar-refractivity contribution in [2.75, 3.05) is 18.9 Å². The van der Waals surface area contributed by atoms with Gasteiger partial charge < -0.3 is 9.47 Å². The lowest BCUT2D eigenvalue weighted by Gasteiger charge is -2.12. The number of aromatic nitrogens is 2. The molecule has 0 saturated heterocycles. The molecule has 7 nitrogen and oxygen atoms in total. The van der Waals surface area contributed by atoms with Crippen LogP contribution in [0.25, 0.3) is 5.69 Å². The molecule has 0 saturated carbocycles. The number of rotatable bonds is 6. The van der Waals surface area contributed by atoms with Crippen LogP contribution in [0.1, 0.15) is 5.69 Å². The van der Waals surface area contributed by atoms with Gasteiger partial charge in [-0.25, -0.2) is 13.1 Å². The smallest absolute Gasteiger partial charge is 0.265 e. The van der Waals surface area contributed by atoms with E-state index in [1.807, 2.05) is 30.3 Å². The third kappa shape index (κ3) is 3.50. The summed E-state index contributed by atoms with van der Waals surface area (Å²) in [7, 11) is -0.879. The molecule has 1 aromatic heterocycles. The summed E-state index contributed by atoms with van der Waals surface area (Å²) in [5.41, 5.74) is 1.46. The number of hydrogen-bond acceptors (Lipinski definition) is 5. The highest BCUT2D eigenvalue weighted by Gasteiger charge is 2.22. The highest BCUT2D eigenvalue weighted by molar-refractivity contribution is 7.92. The minimum absolute atomic E-state index is 0.0891. The molecule has 0 fully saturated rings. The van der Waals surface area contributed by atoms with Gasteiger partial charge in [-0.3, -0.25) is 4.72 Å². The van der Waals surface area contributed by atoms with Crippen LogP contribution >= 0.6 is 0 Å². The van der Waals surface area contributed by atoms with Crippen LogP contribution in [0.5, 0.6) is 11.5 Å². The van der Waals surface area contributed by atoms with E-state index in [2.05, 4.69) is 9.82 Å². The first kappa shape index (κ1) is 17.8. The molecule has 0 spiro atoms. The van der Waals surface area contributed by atoms with Gasteiger partial charge in [0.1, 0.15) is 16.4 Å². The number of nitrogens with one attached hydrogen (secondary N) is 1. The predicted molar refractivity (Wildman–Crippen MR) is 98.7 cm³/mol. The van der Waals surface area contributed by atoms with Crippen LogP contribution in [0.4, 0.5) is 5.69 Å². The summed E-state index contributed by atoms with van der Waals surface area (Å²) in [4.78, 5) is 0.0891. The number of methoxy groups -OCH3 is 2. The first-order chi connectivity index (χ1) is 12.4. The number of benzene rings is 2. The summed E-state index contributed by atoms with van der Waals surface area (Å²) in [6, 6.07) is 14.2. The van der Waals surface area contributed by atoms with Crippen LogP contribution in [0, 0.1) is 6.92 Å². The number of sulfonamides is 1. The highest BCUT2D eigenvalue weighted by Crippen LogP contribution is 2.31.